The molecule has 3 aromatic heterocycles. The third-order valence-electron chi connectivity index (χ3n) is 3.53. The summed E-state index contributed by atoms with van der Waals surface area (Å²) in [5.74, 6) is 1.60. The van der Waals surface area contributed by atoms with E-state index in [1.807, 2.05) is 12.1 Å². The highest BCUT2D eigenvalue weighted by Crippen LogP contribution is 2.31. The van der Waals surface area contributed by atoms with Gasteiger partial charge in [-0.1, -0.05) is 6.92 Å². The van der Waals surface area contributed by atoms with E-state index in [4.69, 9.17) is 14.7 Å². The first-order valence-corrected chi connectivity index (χ1v) is 8.57. The standard InChI is InChI=1S/C17H20N4OS/c1-3-13-10-14-16(19-8-5-9-22-2)20-15(21-17(14)23-13)12-6-4-7-18-11-12/h4,6-7,10-11H,3,5,8-9H2,1-2H3,(H,19,20,21). The summed E-state index contributed by atoms with van der Waals surface area (Å²) in [7, 11) is 1.72. The van der Waals surface area contributed by atoms with Gasteiger partial charge in [-0.25, -0.2) is 9.97 Å². The Balaban J connectivity index is 1.98. The van der Waals surface area contributed by atoms with Crippen LogP contribution < -0.4 is 5.32 Å². The van der Waals surface area contributed by atoms with Gasteiger partial charge in [-0.3, -0.25) is 4.98 Å². The van der Waals surface area contributed by atoms with Crippen LogP contribution in [0.1, 0.15) is 18.2 Å². The van der Waals surface area contributed by atoms with E-state index in [0.717, 1.165) is 47.6 Å². The second-order valence-corrected chi connectivity index (χ2v) is 6.31. The van der Waals surface area contributed by atoms with Gasteiger partial charge in [0.05, 0.1) is 5.39 Å². The number of methoxy groups -OCH3 is 1. The maximum Gasteiger partial charge on any atom is 0.164 e. The van der Waals surface area contributed by atoms with Gasteiger partial charge in [0.15, 0.2) is 5.82 Å². The van der Waals surface area contributed by atoms with Crippen molar-refractivity contribution >= 4 is 27.4 Å². The summed E-state index contributed by atoms with van der Waals surface area (Å²) in [6.07, 6.45) is 5.50. The molecule has 23 heavy (non-hydrogen) atoms. The molecule has 0 spiro atoms. The number of hydrogen-bond donors (Lipinski definition) is 1. The lowest BCUT2D eigenvalue weighted by Gasteiger charge is -2.08. The lowest BCUT2D eigenvalue weighted by atomic mass is 10.2. The Kier molecular flexibility index (Phi) is 5.15. The van der Waals surface area contributed by atoms with Crippen molar-refractivity contribution in [2.75, 3.05) is 25.6 Å². The number of nitrogens with one attached hydrogen (secondary N) is 1. The molecule has 0 radical (unpaired) electrons. The van der Waals surface area contributed by atoms with E-state index in [2.05, 4.69) is 23.3 Å². The molecule has 1 N–H and O–H groups in total. The molecule has 0 unspecified atom stereocenters. The van der Waals surface area contributed by atoms with Gasteiger partial charge in [0, 0.05) is 43.1 Å². The van der Waals surface area contributed by atoms with Crippen molar-refractivity contribution in [3.05, 3.63) is 35.5 Å². The summed E-state index contributed by atoms with van der Waals surface area (Å²) in [5.41, 5.74) is 0.931. The molecule has 0 aliphatic rings. The lowest BCUT2D eigenvalue weighted by molar-refractivity contribution is 0.198. The minimum atomic E-state index is 0.712. The van der Waals surface area contributed by atoms with Gasteiger partial charge in [0.1, 0.15) is 10.6 Å². The van der Waals surface area contributed by atoms with E-state index >= 15 is 0 Å². The van der Waals surface area contributed by atoms with Crippen molar-refractivity contribution in [1.29, 1.82) is 0 Å². The smallest absolute Gasteiger partial charge is 0.164 e. The van der Waals surface area contributed by atoms with E-state index in [9.17, 15) is 0 Å². The quantitative estimate of drug-likeness (QED) is 0.669. The second-order valence-electron chi connectivity index (χ2n) is 5.20. The Morgan fingerprint density at radius 2 is 2.22 bits per heavy atom. The minimum absolute atomic E-state index is 0.712. The van der Waals surface area contributed by atoms with Crippen LogP contribution in [0.4, 0.5) is 5.82 Å². The number of nitrogens with zero attached hydrogens (tertiary/aromatic N) is 3. The highest BCUT2D eigenvalue weighted by Gasteiger charge is 2.12. The Morgan fingerprint density at radius 3 is 2.96 bits per heavy atom. The highest BCUT2D eigenvalue weighted by atomic mass is 32.1. The Morgan fingerprint density at radius 1 is 1.30 bits per heavy atom. The van der Waals surface area contributed by atoms with Crippen LogP contribution in [0.3, 0.4) is 0 Å². The summed E-state index contributed by atoms with van der Waals surface area (Å²) in [6.45, 7) is 3.72. The number of hydrogen-bond acceptors (Lipinski definition) is 6. The van der Waals surface area contributed by atoms with Crippen molar-refractivity contribution in [2.45, 2.75) is 19.8 Å². The number of aromatic nitrogens is 3. The number of aryl methyl sites for hydroxylation is 1. The summed E-state index contributed by atoms with van der Waals surface area (Å²) in [6, 6.07) is 6.07. The third-order valence-corrected chi connectivity index (χ3v) is 4.70. The highest BCUT2D eigenvalue weighted by molar-refractivity contribution is 7.18. The van der Waals surface area contributed by atoms with Gasteiger partial charge in [0.2, 0.25) is 0 Å². The number of anilines is 1. The van der Waals surface area contributed by atoms with Gasteiger partial charge in [-0.2, -0.15) is 0 Å². The molecule has 0 atom stereocenters. The number of rotatable bonds is 7. The fourth-order valence-electron chi connectivity index (χ4n) is 2.33. The zero-order valence-electron chi connectivity index (χ0n) is 13.4. The molecule has 3 heterocycles. The number of ether oxygens (including phenoxy) is 1. The largest absolute Gasteiger partial charge is 0.385 e. The summed E-state index contributed by atoms with van der Waals surface area (Å²) < 4.78 is 5.10. The number of thiophene rings is 1. The van der Waals surface area contributed by atoms with Crippen LogP contribution in [0, 0.1) is 0 Å². The molecular weight excluding hydrogens is 308 g/mol. The summed E-state index contributed by atoms with van der Waals surface area (Å²) in [5, 5.41) is 4.52. The predicted octanol–water partition coefficient (Wildman–Crippen LogP) is 3.76. The van der Waals surface area contributed by atoms with Crippen LogP contribution in [0.2, 0.25) is 0 Å². The normalized spacial score (nSPS) is 11.0. The molecular formula is C17H20N4OS. The van der Waals surface area contributed by atoms with Crippen molar-refractivity contribution in [3.8, 4) is 11.4 Å². The average molecular weight is 328 g/mol. The zero-order valence-corrected chi connectivity index (χ0v) is 14.2. The lowest BCUT2D eigenvalue weighted by Crippen LogP contribution is -2.07. The van der Waals surface area contributed by atoms with Crippen molar-refractivity contribution in [3.63, 3.8) is 0 Å². The Labute approximate surface area is 139 Å². The molecule has 0 saturated carbocycles. The van der Waals surface area contributed by atoms with E-state index < -0.39 is 0 Å². The van der Waals surface area contributed by atoms with Crippen LogP contribution >= 0.6 is 11.3 Å². The fraction of sp³-hybridized carbons (Fsp3) is 0.353. The molecule has 6 heteroatoms. The van der Waals surface area contributed by atoms with Gasteiger partial charge < -0.3 is 10.1 Å². The minimum Gasteiger partial charge on any atom is -0.385 e. The second kappa shape index (κ2) is 7.48. The van der Waals surface area contributed by atoms with Gasteiger partial charge in [-0.05, 0) is 31.0 Å². The fourth-order valence-corrected chi connectivity index (χ4v) is 3.29. The first-order valence-electron chi connectivity index (χ1n) is 7.75. The van der Waals surface area contributed by atoms with E-state index in [1.54, 1.807) is 30.8 Å². The third kappa shape index (κ3) is 3.65. The topological polar surface area (TPSA) is 59.9 Å². The van der Waals surface area contributed by atoms with Crippen LogP contribution in [0.15, 0.2) is 30.6 Å². The number of pyridine rings is 1. The van der Waals surface area contributed by atoms with Crippen molar-refractivity contribution < 1.29 is 4.74 Å². The van der Waals surface area contributed by atoms with Crippen LogP contribution in [0.25, 0.3) is 21.6 Å². The maximum atomic E-state index is 5.10. The van der Waals surface area contributed by atoms with E-state index in [1.165, 1.54) is 4.88 Å². The first kappa shape index (κ1) is 15.8. The summed E-state index contributed by atoms with van der Waals surface area (Å²) in [4.78, 5) is 15.9. The zero-order chi connectivity index (χ0) is 16.1. The Bertz CT molecular complexity index is 773. The van der Waals surface area contributed by atoms with Crippen molar-refractivity contribution in [2.24, 2.45) is 0 Å². The molecule has 3 aromatic rings. The molecule has 0 aromatic carbocycles. The molecule has 0 bridgehead atoms. The molecule has 0 fully saturated rings. The monoisotopic (exact) mass is 328 g/mol. The predicted molar refractivity (Wildman–Crippen MR) is 95.0 cm³/mol. The average Bonchev–Trinajstić information content (AvgIpc) is 3.02. The molecule has 0 amide bonds. The Hall–Kier alpha value is -2.05. The van der Waals surface area contributed by atoms with E-state index in [0.29, 0.717) is 5.82 Å². The SMILES string of the molecule is CCc1cc2c(NCCCOC)nc(-c3cccnc3)nc2s1. The maximum absolute atomic E-state index is 5.10. The molecule has 0 saturated heterocycles. The summed E-state index contributed by atoms with van der Waals surface area (Å²) >= 11 is 1.73. The molecule has 0 aliphatic heterocycles. The van der Waals surface area contributed by atoms with Crippen molar-refractivity contribution in [1.82, 2.24) is 15.0 Å². The van der Waals surface area contributed by atoms with Gasteiger partial charge in [-0.15, -0.1) is 11.3 Å². The van der Waals surface area contributed by atoms with E-state index in [-0.39, 0.29) is 0 Å². The van der Waals surface area contributed by atoms with Crippen LogP contribution in [0.5, 0.6) is 0 Å². The molecule has 5 nitrogen and oxygen atoms in total. The van der Waals surface area contributed by atoms with Gasteiger partial charge >= 0.3 is 0 Å². The number of fused-ring (bicyclic) bond motifs is 1. The molecule has 3 rings (SSSR count). The molecule has 120 valence electrons. The van der Waals surface area contributed by atoms with Crippen LogP contribution in [-0.4, -0.2) is 35.2 Å². The van der Waals surface area contributed by atoms with Gasteiger partial charge in [0.25, 0.3) is 0 Å². The van der Waals surface area contributed by atoms with Crippen LogP contribution in [-0.2, 0) is 11.2 Å². The molecule has 0 aliphatic carbocycles. The first-order chi connectivity index (χ1) is 11.3.